The molecule has 1 atom stereocenters. The van der Waals surface area contributed by atoms with Crippen LogP contribution in [-0.4, -0.2) is 15.9 Å². The van der Waals surface area contributed by atoms with Crippen LogP contribution in [0, 0.1) is 10.1 Å². The summed E-state index contributed by atoms with van der Waals surface area (Å²) in [5.74, 6) is 0.871. The molecule has 2 aromatic heterocycles. The lowest BCUT2D eigenvalue weighted by molar-refractivity contribution is -0.380. The zero-order valence-corrected chi connectivity index (χ0v) is 9.94. The van der Waals surface area contributed by atoms with E-state index in [0.717, 1.165) is 17.1 Å². The van der Waals surface area contributed by atoms with Gasteiger partial charge >= 0.3 is 5.00 Å². The summed E-state index contributed by atoms with van der Waals surface area (Å²) in [5.41, 5.74) is 0. The minimum Gasteiger partial charge on any atom is -0.469 e. The Morgan fingerprint density at radius 2 is 2.53 bits per heavy atom. The van der Waals surface area contributed by atoms with Gasteiger partial charge in [-0.1, -0.05) is 0 Å². The maximum Gasteiger partial charge on any atom is 0.345 e. The molecule has 7 heteroatoms. The van der Waals surface area contributed by atoms with E-state index in [9.17, 15) is 10.1 Å². The Balaban J connectivity index is 1.93. The van der Waals surface area contributed by atoms with Crippen molar-refractivity contribution in [2.24, 2.45) is 0 Å². The zero-order valence-electron chi connectivity index (χ0n) is 9.12. The van der Waals surface area contributed by atoms with Gasteiger partial charge in [-0.3, -0.25) is 10.1 Å². The molecule has 0 aliphatic rings. The van der Waals surface area contributed by atoms with E-state index in [2.05, 4.69) is 10.3 Å². The van der Waals surface area contributed by atoms with Crippen LogP contribution < -0.4 is 5.32 Å². The van der Waals surface area contributed by atoms with Crippen molar-refractivity contribution < 1.29 is 9.34 Å². The predicted octanol–water partition coefficient (Wildman–Crippen LogP) is 2.69. The number of nitrogens with zero attached hydrogens (tertiary/aromatic N) is 2. The molecule has 2 aromatic rings. The summed E-state index contributed by atoms with van der Waals surface area (Å²) < 4.78 is 5.22. The van der Waals surface area contributed by atoms with Gasteiger partial charge in [0.15, 0.2) is 5.13 Å². The van der Waals surface area contributed by atoms with Crippen molar-refractivity contribution in [2.75, 3.05) is 5.32 Å². The first-order valence-electron chi connectivity index (χ1n) is 5.04. The first-order valence-corrected chi connectivity index (χ1v) is 5.86. The fraction of sp³-hybridized carbons (Fsp3) is 0.300. The Hall–Kier alpha value is -1.89. The van der Waals surface area contributed by atoms with Crippen molar-refractivity contribution in [3.05, 3.63) is 40.5 Å². The van der Waals surface area contributed by atoms with Crippen LogP contribution in [0.1, 0.15) is 12.7 Å². The van der Waals surface area contributed by atoms with Gasteiger partial charge in [0.05, 0.1) is 11.2 Å². The molecule has 2 rings (SSSR count). The van der Waals surface area contributed by atoms with E-state index in [1.807, 2.05) is 19.1 Å². The lowest BCUT2D eigenvalue weighted by Gasteiger charge is -2.10. The number of thiazole rings is 1. The maximum absolute atomic E-state index is 10.5. The van der Waals surface area contributed by atoms with Gasteiger partial charge in [0, 0.05) is 12.5 Å². The number of hydrogen-bond acceptors (Lipinski definition) is 6. The molecule has 0 aliphatic heterocycles. The number of furan rings is 1. The van der Waals surface area contributed by atoms with Crippen molar-refractivity contribution in [3.8, 4) is 0 Å². The van der Waals surface area contributed by atoms with Gasteiger partial charge in [-0.15, -0.1) is 0 Å². The molecule has 0 saturated carbocycles. The molecule has 0 aromatic carbocycles. The van der Waals surface area contributed by atoms with Gasteiger partial charge in [0.2, 0.25) is 0 Å². The normalized spacial score (nSPS) is 12.3. The van der Waals surface area contributed by atoms with Crippen molar-refractivity contribution in [2.45, 2.75) is 19.4 Å². The van der Waals surface area contributed by atoms with E-state index in [1.54, 1.807) is 6.26 Å². The lowest BCUT2D eigenvalue weighted by atomic mass is 10.2. The number of aromatic nitrogens is 1. The molecule has 90 valence electrons. The van der Waals surface area contributed by atoms with Gasteiger partial charge in [-0.05, 0) is 30.4 Å². The standard InChI is InChI=1S/C10H11N3O3S/c1-7(5-8-3-2-4-16-8)12-10-11-6-9(17-10)13(14)15/h2-4,6-7H,5H2,1H3,(H,11,12). The zero-order chi connectivity index (χ0) is 12.3. The maximum atomic E-state index is 10.5. The quantitative estimate of drug-likeness (QED) is 0.654. The number of rotatable bonds is 5. The number of hydrogen-bond donors (Lipinski definition) is 1. The Morgan fingerprint density at radius 1 is 1.71 bits per heavy atom. The second kappa shape index (κ2) is 4.96. The van der Waals surface area contributed by atoms with Gasteiger partial charge in [-0.25, -0.2) is 4.98 Å². The van der Waals surface area contributed by atoms with Crippen LogP contribution in [0.2, 0.25) is 0 Å². The second-order valence-electron chi connectivity index (χ2n) is 3.59. The van der Waals surface area contributed by atoms with Crippen molar-refractivity contribution >= 4 is 21.5 Å². The largest absolute Gasteiger partial charge is 0.469 e. The van der Waals surface area contributed by atoms with Crippen molar-refractivity contribution in [1.82, 2.24) is 4.98 Å². The molecule has 0 saturated heterocycles. The van der Waals surface area contributed by atoms with E-state index in [4.69, 9.17) is 4.42 Å². The van der Waals surface area contributed by atoms with Crippen LogP contribution in [0.4, 0.5) is 10.1 Å². The highest BCUT2D eigenvalue weighted by Crippen LogP contribution is 2.25. The summed E-state index contributed by atoms with van der Waals surface area (Å²) in [5, 5.41) is 14.2. The highest BCUT2D eigenvalue weighted by molar-refractivity contribution is 7.18. The third kappa shape index (κ3) is 3.04. The molecule has 0 fully saturated rings. The number of anilines is 1. The highest BCUT2D eigenvalue weighted by Gasteiger charge is 2.13. The predicted molar refractivity (Wildman–Crippen MR) is 64.3 cm³/mol. The van der Waals surface area contributed by atoms with Gasteiger partial charge < -0.3 is 9.73 Å². The molecule has 0 radical (unpaired) electrons. The molecule has 0 bridgehead atoms. The summed E-state index contributed by atoms with van der Waals surface area (Å²) in [6, 6.07) is 3.82. The van der Waals surface area contributed by atoms with E-state index in [1.165, 1.54) is 6.20 Å². The van der Waals surface area contributed by atoms with Crippen LogP contribution in [0.25, 0.3) is 0 Å². The van der Waals surface area contributed by atoms with Crippen LogP contribution in [0.3, 0.4) is 0 Å². The van der Waals surface area contributed by atoms with Crippen LogP contribution in [0.5, 0.6) is 0 Å². The molecule has 2 heterocycles. The SMILES string of the molecule is CC(Cc1ccco1)Nc1ncc([N+](=O)[O-])s1. The average Bonchev–Trinajstić information content (AvgIpc) is 2.88. The Bertz CT molecular complexity index is 495. The molecule has 0 amide bonds. The number of nitrogens with one attached hydrogen (secondary N) is 1. The third-order valence-corrected chi connectivity index (χ3v) is 3.01. The molecular formula is C10H11N3O3S. The average molecular weight is 253 g/mol. The monoisotopic (exact) mass is 253 g/mol. The Morgan fingerprint density at radius 3 is 3.12 bits per heavy atom. The van der Waals surface area contributed by atoms with Gasteiger partial charge in [-0.2, -0.15) is 0 Å². The van der Waals surface area contributed by atoms with E-state index < -0.39 is 4.92 Å². The summed E-state index contributed by atoms with van der Waals surface area (Å²) in [6.07, 6.45) is 3.59. The molecule has 17 heavy (non-hydrogen) atoms. The highest BCUT2D eigenvalue weighted by atomic mass is 32.1. The van der Waals surface area contributed by atoms with E-state index in [-0.39, 0.29) is 11.0 Å². The van der Waals surface area contributed by atoms with Crippen molar-refractivity contribution in [3.63, 3.8) is 0 Å². The van der Waals surface area contributed by atoms with Gasteiger partial charge in [0.25, 0.3) is 0 Å². The number of nitro groups is 1. The minimum absolute atomic E-state index is 0.0395. The summed E-state index contributed by atoms with van der Waals surface area (Å²) in [4.78, 5) is 14.0. The Labute approximate surface area is 101 Å². The topological polar surface area (TPSA) is 81.2 Å². The summed E-state index contributed by atoms with van der Waals surface area (Å²) >= 11 is 1.03. The summed E-state index contributed by atoms with van der Waals surface area (Å²) in [6.45, 7) is 1.97. The Kier molecular flexibility index (Phi) is 3.38. The molecular weight excluding hydrogens is 242 g/mol. The molecule has 1 unspecified atom stereocenters. The fourth-order valence-electron chi connectivity index (χ4n) is 1.41. The van der Waals surface area contributed by atoms with Crippen LogP contribution in [-0.2, 0) is 6.42 Å². The van der Waals surface area contributed by atoms with E-state index in [0.29, 0.717) is 11.6 Å². The lowest BCUT2D eigenvalue weighted by Crippen LogP contribution is -2.17. The first kappa shape index (κ1) is 11.6. The summed E-state index contributed by atoms with van der Waals surface area (Å²) in [7, 11) is 0. The van der Waals surface area contributed by atoms with Gasteiger partial charge in [0.1, 0.15) is 12.0 Å². The smallest absolute Gasteiger partial charge is 0.345 e. The molecule has 6 nitrogen and oxygen atoms in total. The molecule has 0 aliphatic carbocycles. The first-order chi connectivity index (χ1) is 8.15. The van der Waals surface area contributed by atoms with Crippen LogP contribution >= 0.6 is 11.3 Å². The second-order valence-corrected chi connectivity index (χ2v) is 4.60. The third-order valence-electron chi connectivity index (χ3n) is 2.13. The molecule has 0 spiro atoms. The molecule has 1 N–H and O–H groups in total. The van der Waals surface area contributed by atoms with E-state index >= 15 is 0 Å². The van der Waals surface area contributed by atoms with Crippen molar-refractivity contribution in [1.29, 1.82) is 0 Å². The minimum atomic E-state index is -0.444. The van der Waals surface area contributed by atoms with Crippen LogP contribution in [0.15, 0.2) is 29.0 Å². The fourth-order valence-corrected chi connectivity index (χ4v) is 2.15.